The Morgan fingerprint density at radius 2 is 2.04 bits per heavy atom. The summed E-state index contributed by atoms with van der Waals surface area (Å²) in [5.41, 5.74) is -0.0307. The highest BCUT2D eigenvalue weighted by molar-refractivity contribution is 6.30. The van der Waals surface area contributed by atoms with Crippen LogP contribution in [0.15, 0.2) is 24.3 Å². The molecule has 2 rings (SSSR count). The third kappa shape index (κ3) is 4.23. The molecule has 0 saturated carbocycles. The summed E-state index contributed by atoms with van der Waals surface area (Å²) in [5, 5.41) is 10.6. The van der Waals surface area contributed by atoms with Crippen molar-refractivity contribution in [2.45, 2.75) is 25.3 Å². The zero-order valence-corrected chi connectivity index (χ0v) is 14.0. The summed E-state index contributed by atoms with van der Waals surface area (Å²) in [7, 11) is 0. The minimum absolute atomic E-state index is 0.196. The number of carbonyl (C=O) groups is 1. The highest BCUT2D eigenvalue weighted by atomic mass is 35.5. The lowest BCUT2D eigenvalue weighted by Crippen LogP contribution is -2.51. The number of carbonyl (C=O) groups excluding carboxylic acids is 1. The average molecular weight is 337 g/mol. The summed E-state index contributed by atoms with van der Waals surface area (Å²) in [4.78, 5) is 13.9. The molecule has 1 aromatic rings. The van der Waals surface area contributed by atoms with Gasteiger partial charge < -0.3 is 9.47 Å². The monoisotopic (exact) mass is 336 g/mol. The maximum Gasteiger partial charge on any atom is 0.305 e. The summed E-state index contributed by atoms with van der Waals surface area (Å²) < 4.78 is 10.4. The number of hydrogen-bond acceptors (Lipinski definition) is 5. The van der Waals surface area contributed by atoms with Gasteiger partial charge in [0.05, 0.1) is 25.9 Å². The first-order chi connectivity index (χ1) is 11.1. The molecule has 0 spiro atoms. The molecule has 0 aromatic heterocycles. The second-order valence-corrected chi connectivity index (χ2v) is 5.82. The van der Waals surface area contributed by atoms with Crippen LogP contribution in [0.3, 0.4) is 0 Å². The molecule has 1 heterocycles. The van der Waals surface area contributed by atoms with Crippen LogP contribution < -0.4 is 0 Å². The maximum atomic E-state index is 11.8. The van der Waals surface area contributed by atoms with Crippen LogP contribution >= 0.6 is 11.6 Å². The van der Waals surface area contributed by atoms with Gasteiger partial charge in [-0.25, -0.2) is 0 Å². The third-order valence-corrected chi connectivity index (χ3v) is 4.31. The average Bonchev–Trinajstić information content (AvgIpc) is 2.58. The fourth-order valence-electron chi connectivity index (χ4n) is 2.86. The van der Waals surface area contributed by atoms with Gasteiger partial charge in [-0.1, -0.05) is 23.7 Å². The minimum Gasteiger partial charge on any atom is -0.466 e. The Bertz CT molecular complexity index is 564. The van der Waals surface area contributed by atoms with Gasteiger partial charge in [-0.15, -0.1) is 0 Å². The van der Waals surface area contributed by atoms with E-state index in [4.69, 9.17) is 21.1 Å². The Hall–Kier alpha value is -1.61. The summed E-state index contributed by atoms with van der Waals surface area (Å²) in [6, 6.07) is 9.69. The van der Waals surface area contributed by atoms with E-state index >= 15 is 0 Å². The van der Waals surface area contributed by atoms with Crippen LogP contribution in [0.25, 0.3) is 0 Å². The largest absolute Gasteiger partial charge is 0.466 e. The van der Waals surface area contributed by atoms with Crippen molar-refractivity contribution in [2.75, 3.05) is 32.9 Å². The molecule has 1 aromatic carbocycles. The van der Waals surface area contributed by atoms with Crippen molar-refractivity contribution in [3.8, 4) is 6.07 Å². The fourth-order valence-corrected chi connectivity index (χ4v) is 2.99. The second kappa shape index (κ2) is 8.30. The van der Waals surface area contributed by atoms with E-state index in [0.717, 1.165) is 5.56 Å². The first-order valence-corrected chi connectivity index (χ1v) is 8.16. The van der Waals surface area contributed by atoms with Gasteiger partial charge >= 0.3 is 5.97 Å². The van der Waals surface area contributed by atoms with Crippen molar-refractivity contribution in [2.24, 2.45) is 0 Å². The maximum absolute atomic E-state index is 11.8. The minimum atomic E-state index is -0.874. The van der Waals surface area contributed by atoms with E-state index in [1.807, 2.05) is 12.1 Å². The Kier molecular flexibility index (Phi) is 6.40. The number of rotatable bonds is 6. The molecule has 1 saturated heterocycles. The van der Waals surface area contributed by atoms with Crippen LogP contribution in [-0.4, -0.2) is 43.8 Å². The van der Waals surface area contributed by atoms with E-state index in [1.165, 1.54) is 0 Å². The Labute approximate surface area is 141 Å². The molecular formula is C17H21ClN2O3. The van der Waals surface area contributed by atoms with Crippen molar-refractivity contribution >= 4 is 17.6 Å². The van der Waals surface area contributed by atoms with E-state index in [9.17, 15) is 10.1 Å². The molecule has 0 amide bonds. The standard InChI is InChI=1S/C17H21ClN2O3/c1-2-23-16(21)7-8-17(13-19,20-9-11-22-12-10-20)14-3-5-15(18)6-4-14/h3-6H,2,7-12H2,1H3/t17-/m1/s1. The van der Waals surface area contributed by atoms with Gasteiger partial charge in [0.1, 0.15) is 5.54 Å². The first kappa shape index (κ1) is 17.7. The predicted octanol–water partition coefficient (Wildman–Crippen LogP) is 2.73. The van der Waals surface area contributed by atoms with Crippen molar-refractivity contribution in [1.82, 2.24) is 4.90 Å². The molecule has 0 bridgehead atoms. The Morgan fingerprint density at radius 3 is 2.61 bits per heavy atom. The molecule has 23 heavy (non-hydrogen) atoms. The number of morpholine rings is 1. The lowest BCUT2D eigenvalue weighted by Gasteiger charge is -2.41. The normalized spacial score (nSPS) is 18.0. The summed E-state index contributed by atoms with van der Waals surface area (Å²) in [5.74, 6) is -0.283. The van der Waals surface area contributed by atoms with Crippen molar-refractivity contribution in [3.05, 3.63) is 34.9 Å². The molecule has 0 aliphatic carbocycles. The van der Waals surface area contributed by atoms with Crippen LogP contribution in [0, 0.1) is 11.3 Å². The smallest absolute Gasteiger partial charge is 0.305 e. The molecule has 124 valence electrons. The van der Waals surface area contributed by atoms with Gasteiger partial charge in [-0.3, -0.25) is 9.69 Å². The molecule has 0 radical (unpaired) electrons. The van der Waals surface area contributed by atoms with Crippen LogP contribution in [-0.2, 0) is 19.8 Å². The first-order valence-electron chi connectivity index (χ1n) is 7.78. The van der Waals surface area contributed by atoms with Gasteiger partial charge in [0, 0.05) is 24.5 Å². The molecule has 5 nitrogen and oxygen atoms in total. The zero-order chi connectivity index (χ0) is 16.7. The van der Waals surface area contributed by atoms with Gasteiger partial charge in [0.2, 0.25) is 0 Å². The van der Waals surface area contributed by atoms with Crippen LogP contribution in [0.2, 0.25) is 5.02 Å². The quantitative estimate of drug-likeness (QED) is 0.747. The van der Waals surface area contributed by atoms with Crippen molar-refractivity contribution in [3.63, 3.8) is 0 Å². The lowest BCUT2D eigenvalue weighted by atomic mass is 9.84. The van der Waals surface area contributed by atoms with E-state index in [1.54, 1.807) is 19.1 Å². The van der Waals surface area contributed by atoms with E-state index in [0.29, 0.717) is 44.4 Å². The second-order valence-electron chi connectivity index (χ2n) is 5.38. The van der Waals surface area contributed by atoms with E-state index < -0.39 is 5.54 Å². The van der Waals surface area contributed by atoms with E-state index in [-0.39, 0.29) is 12.4 Å². The molecule has 0 unspecified atom stereocenters. The number of nitrogens with zero attached hydrogens (tertiary/aromatic N) is 2. The lowest BCUT2D eigenvalue weighted by molar-refractivity contribution is -0.144. The van der Waals surface area contributed by atoms with Gasteiger partial charge in [0.25, 0.3) is 0 Å². The Morgan fingerprint density at radius 1 is 1.39 bits per heavy atom. The SMILES string of the molecule is CCOC(=O)CC[C@@](C#N)(c1ccc(Cl)cc1)N1CCOCC1. The molecule has 0 N–H and O–H groups in total. The van der Waals surface area contributed by atoms with Crippen LogP contribution in [0.1, 0.15) is 25.3 Å². The zero-order valence-electron chi connectivity index (χ0n) is 13.3. The van der Waals surface area contributed by atoms with Gasteiger partial charge in [0.15, 0.2) is 0 Å². The van der Waals surface area contributed by atoms with Gasteiger partial charge in [-0.2, -0.15) is 5.26 Å². The number of esters is 1. The number of benzene rings is 1. The summed E-state index contributed by atoms with van der Waals surface area (Å²) >= 11 is 5.97. The number of nitriles is 1. The van der Waals surface area contributed by atoms with Crippen molar-refractivity contribution in [1.29, 1.82) is 5.26 Å². The number of ether oxygens (including phenoxy) is 2. The molecular weight excluding hydrogens is 316 g/mol. The molecule has 6 heteroatoms. The molecule has 1 aliphatic rings. The highest BCUT2D eigenvalue weighted by Crippen LogP contribution is 2.34. The molecule has 1 atom stereocenters. The van der Waals surface area contributed by atoms with Crippen molar-refractivity contribution < 1.29 is 14.3 Å². The van der Waals surface area contributed by atoms with Gasteiger partial charge in [-0.05, 0) is 31.0 Å². The summed E-state index contributed by atoms with van der Waals surface area (Å²) in [6.45, 7) is 4.58. The van der Waals surface area contributed by atoms with E-state index in [2.05, 4.69) is 11.0 Å². The number of halogens is 1. The molecule has 1 aliphatic heterocycles. The predicted molar refractivity (Wildman–Crippen MR) is 87.0 cm³/mol. The fraction of sp³-hybridized carbons (Fsp3) is 0.529. The molecule has 1 fully saturated rings. The number of hydrogen-bond donors (Lipinski definition) is 0. The topological polar surface area (TPSA) is 62.6 Å². The third-order valence-electron chi connectivity index (χ3n) is 4.05. The van der Waals surface area contributed by atoms with Crippen LogP contribution in [0.5, 0.6) is 0 Å². The van der Waals surface area contributed by atoms with Crippen LogP contribution in [0.4, 0.5) is 0 Å². The Balaban J connectivity index is 2.29. The summed E-state index contributed by atoms with van der Waals surface area (Å²) in [6.07, 6.45) is 0.575. The highest BCUT2D eigenvalue weighted by Gasteiger charge is 2.40.